The van der Waals surface area contributed by atoms with Gasteiger partial charge in [0.15, 0.2) is 0 Å². The molecule has 0 aliphatic rings. The largest absolute Gasteiger partial charge is 0.329 e. The smallest absolute Gasteiger partial charge is 0.0482 e. The molecule has 0 saturated heterocycles. The first kappa shape index (κ1) is 14.7. The van der Waals surface area contributed by atoms with E-state index in [1.54, 1.807) is 11.3 Å². The van der Waals surface area contributed by atoms with Crippen LogP contribution in [-0.4, -0.2) is 18.5 Å². The molecular formula is C15H19BrN2S. The van der Waals surface area contributed by atoms with Crippen molar-refractivity contribution in [1.29, 1.82) is 0 Å². The molecule has 0 radical (unpaired) electrons. The summed E-state index contributed by atoms with van der Waals surface area (Å²) in [7, 11) is 2.13. The second-order valence-corrected chi connectivity index (χ2v) is 6.46. The number of hydrogen-bond donors (Lipinski definition) is 1. The minimum Gasteiger partial charge on any atom is -0.329 e. The third kappa shape index (κ3) is 3.66. The van der Waals surface area contributed by atoms with Crippen molar-refractivity contribution in [3.63, 3.8) is 0 Å². The van der Waals surface area contributed by atoms with Crippen LogP contribution in [0.4, 0.5) is 0 Å². The summed E-state index contributed by atoms with van der Waals surface area (Å²) in [5.74, 6) is 0. The van der Waals surface area contributed by atoms with Gasteiger partial charge in [0.25, 0.3) is 0 Å². The van der Waals surface area contributed by atoms with Crippen LogP contribution in [0, 0.1) is 6.92 Å². The summed E-state index contributed by atoms with van der Waals surface area (Å²) < 4.78 is 1.14. The Balaban J connectivity index is 2.18. The molecule has 1 unspecified atom stereocenters. The quantitative estimate of drug-likeness (QED) is 0.894. The van der Waals surface area contributed by atoms with Gasteiger partial charge in [-0.1, -0.05) is 28.1 Å². The lowest BCUT2D eigenvalue weighted by atomic mass is 10.0. The molecule has 0 amide bonds. The van der Waals surface area contributed by atoms with E-state index in [0.717, 1.165) is 11.0 Å². The summed E-state index contributed by atoms with van der Waals surface area (Å²) in [6.45, 7) is 3.63. The number of benzene rings is 1. The maximum absolute atomic E-state index is 5.98. The first-order chi connectivity index (χ1) is 9.11. The number of nitrogens with two attached hydrogens (primary N) is 1. The first-order valence-electron chi connectivity index (χ1n) is 6.29. The zero-order chi connectivity index (χ0) is 13.8. The van der Waals surface area contributed by atoms with Crippen molar-refractivity contribution in [2.45, 2.75) is 19.5 Å². The van der Waals surface area contributed by atoms with Crippen molar-refractivity contribution < 1.29 is 0 Å². The third-order valence-electron chi connectivity index (χ3n) is 3.28. The fraction of sp³-hybridized carbons (Fsp3) is 0.333. The van der Waals surface area contributed by atoms with E-state index in [1.165, 1.54) is 16.7 Å². The molecule has 4 heteroatoms. The maximum atomic E-state index is 5.98. The highest BCUT2D eigenvalue weighted by atomic mass is 79.9. The molecule has 2 aromatic rings. The minimum atomic E-state index is 0.231. The Labute approximate surface area is 127 Å². The molecule has 1 aromatic heterocycles. The number of nitrogens with zero attached hydrogens (tertiary/aromatic N) is 1. The molecule has 0 saturated carbocycles. The molecular weight excluding hydrogens is 320 g/mol. The van der Waals surface area contributed by atoms with Gasteiger partial charge >= 0.3 is 0 Å². The fourth-order valence-electron chi connectivity index (χ4n) is 2.23. The summed E-state index contributed by atoms with van der Waals surface area (Å²) in [4.78, 5) is 2.30. The molecule has 0 spiro atoms. The number of aryl methyl sites for hydroxylation is 1. The van der Waals surface area contributed by atoms with E-state index in [4.69, 9.17) is 5.73 Å². The van der Waals surface area contributed by atoms with Gasteiger partial charge in [-0.05, 0) is 53.6 Å². The van der Waals surface area contributed by atoms with Crippen LogP contribution in [0.3, 0.4) is 0 Å². The van der Waals surface area contributed by atoms with Crippen LogP contribution in [0.1, 0.15) is 22.7 Å². The Hall–Kier alpha value is -0.680. The monoisotopic (exact) mass is 338 g/mol. The van der Waals surface area contributed by atoms with Gasteiger partial charge in [0, 0.05) is 23.6 Å². The SMILES string of the molecule is Cc1ccc(C(CN)N(C)Cc2ccsc2)c(Br)c1. The van der Waals surface area contributed by atoms with E-state index in [0.29, 0.717) is 6.54 Å². The highest BCUT2D eigenvalue weighted by molar-refractivity contribution is 9.10. The van der Waals surface area contributed by atoms with Gasteiger partial charge in [0.1, 0.15) is 0 Å². The molecule has 102 valence electrons. The minimum absolute atomic E-state index is 0.231. The first-order valence-corrected chi connectivity index (χ1v) is 8.03. The van der Waals surface area contributed by atoms with Gasteiger partial charge in [-0.15, -0.1) is 0 Å². The standard InChI is InChI=1S/C15H19BrN2S/c1-11-3-4-13(14(16)7-11)15(8-17)18(2)9-12-5-6-19-10-12/h3-7,10,15H,8-9,17H2,1-2H3. The predicted molar refractivity (Wildman–Crippen MR) is 86.5 cm³/mol. The molecule has 0 aliphatic carbocycles. The molecule has 0 fully saturated rings. The summed E-state index contributed by atoms with van der Waals surface area (Å²) in [5.41, 5.74) is 9.84. The second-order valence-electron chi connectivity index (χ2n) is 4.82. The van der Waals surface area contributed by atoms with Crippen LogP contribution >= 0.6 is 27.3 Å². The van der Waals surface area contributed by atoms with E-state index >= 15 is 0 Å². The van der Waals surface area contributed by atoms with Crippen molar-refractivity contribution in [2.24, 2.45) is 5.73 Å². The topological polar surface area (TPSA) is 29.3 Å². The molecule has 0 aliphatic heterocycles. The normalized spacial score (nSPS) is 12.9. The van der Waals surface area contributed by atoms with Gasteiger partial charge in [-0.2, -0.15) is 11.3 Å². The van der Waals surface area contributed by atoms with Gasteiger partial charge in [0.2, 0.25) is 0 Å². The molecule has 2 rings (SSSR count). The number of hydrogen-bond acceptors (Lipinski definition) is 3. The Kier molecular flexibility index (Phi) is 5.16. The lowest BCUT2D eigenvalue weighted by Crippen LogP contribution is -2.30. The highest BCUT2D eigenvalue weighted by Crippen LogP contribution is 2.28. The number of halogens is 1. The van der Waals surface area contributed by atoms with Crippen LogP contribution in [-0.2, 0) is 6.54 Å². The van der Waals surface area contributed by atoms with Gasteiger partial charge < -0.3 is 5.73 Å². The van der Waals surface area contributed by atoms with E-state index in [1.807, 2.05) is 0 Å². The summed E-state index contributed by atoms with van der Waals surface area (Å²) in [6, 6.07) is 8.85. The van der Waals surface area contributed by atoms with Crippen molar-refractivity contribution in [3.8, 4) is 0 Å². The molecule has 1 aromatic carbocycles. The zero-order valence-electron chi connectivity index (χ0n) is 11.3. The fourth-order valence-corrected chi connectivity index (χ4v) is 3.64. The van der Waals surface area contributed by atoms with Crippen LogP contribution < -0.4 is 5.73 Å². The Morgan fingerprint density at radius 1 is 1.37 bits per heavy atom. The second kappa shape index (κ2) is 6.66. The predicted octanol–water partition coefficient (Wildman–Crippen LogP) is 3.95. The highest BCUT2D eigenvalue weighted by Gasteiger charge is 2.18. The lowest BCUT2D eigenvalue weighted by molar-refractivity contribution is 0.241. The lowest BCUT2D eigenvalue weighted by Gasteiger charge is -2.28. The number of rotatable bonds is 5. The van der Waals surface area contributed by atoms with Crippen LogP contribution in [0.15, 0.2) is 39.5 Å². The molecule has 19 heavy (non-hydrogen) atoms. The number of likely N-dealkylation sites (N-methyl/N-ethyl adjacent to an activating group) is 1. The summed E-state index contributed by atoms with van der Waals surface area (Å²) in [5, 5.41) is 4.30. The van der Waals surface area contributed by atoms with Crippen molar-refractivity contribution in [3.05, 3.63) is 56.2 Å². The zero-order valence-corrected chi connectivity index (χ0v) is 13.7. The van der Waals surface area contributed by atoms with Crippen molar-refractivity contribution in [2.75, 3.05) is 13.6 Å². The van der Waals surface area contributed by atoms with E-state index in [9.17, 15) is 0 Å². The Morgan fingerprint density at radius 3 is 2.74 bits per heavy atom. The Morgan fingerprint density at radius 2 is 2.16 bits per heavy atom. The number of thiophene rings is 1. The molecule has 1 atom stereocenters. The van der Waals surface area contributed by atoms with Gasteiger partial charge in [-0.3, -0.25) is 4.90 Å². The van der Waals surface area contributed by atoms with E-state index in [2.05, 4.69) is 69.8 Å². The summed E-state index contributed by atoms with van der Waals surface area (Å²) in [6.07, 6.45) is 0. The van der Waals surface area contributed by atoms with Gasteiger partial charge in [0.05, 0.1) is 0 Å². The maximum Gasteiger partial charge on any atom is 0.0482 e. The van der Waals surface area contributed by atoms with Crippen molar-refractivity contribution >= 4 is 27.3 Å². The average molecular weight is 339 g/mol. The van der Waals surface area contributed by atoms with Crippen LogP contribution in [0.5, 0.6) is 0 Å². The molecule has 1 heterocycles. The van der Waals surface area contributed by atoms with E-state index < -0.39 is 0 Å². The third-order valence-corrected chi connectivity index (χ3v) is 4.70. The van der Waals surface area contributed by atoms with Crippen LogP contribution in [0.25, 0.3) is 0 Å². The van der Waals surface area contributed by atoms with E-state index in [-0.39, 0.29) is 6.04 Å². The summed E-state index contributed by atoms with van der Waals surface area (Å²) >= 11 is 5.39. The Bertz CT molecular complexity index is 525. The molecule has 0 bridgehead atoms. The molecule has 2 N–H and O–H groups in total. The van der Waals surface area contributed by atoms with Crippen molar-refractivity contribution in [1.82, 2.24) is 4.90 Å². The average Bonchev–Trinajstić information content (AvgIpc) is 2.85. The molecule has 2 nitrogen and oxygen atoms in total. The van der Waals surface area contributed by atoms with Crippen LogP contribution in [0.2, 0.25) is 0 Å². The van der Waals surface area contributed by atoms with Gasteiger partial charge in [-0.25, -0.2) is 0 Å².